The molecule has 1 aromatic heterocycles. The number of anilines is 1. The molecule has 3 heterocycles. The first-order valence-electron chi connectivity index (χ1n) is 8.93. The lowest BCUT2D eigenvalue weighted by atomic mass is 9.87. The highest BCUT2D eigenvalue weighted by atomic mass is 19.1. The Morgan fingerprint density at radius 2 is 1.96 bits per heavy atom. The molecule has 0 saturated carbocycles. The first kappa shape index (κ1) is 16.5. The highest BCUT2D eigenvalue weighted by molar-refractivity contribution is 5.40. The van der Waals surface area contributed by atoms with Crippen molar-refractivity contribution in [3.05, 3.63) is 60.0 Å². The van der Waals surface area contributed by atoms with E-state index in [0.717, 1.165) is 63.7 Å². The Bertz CT molecular complexity index is 694. The molecule has 2 fully saturated rings. The fourth-order valence-electron chi connectivity index (χ4n) is 3.98. The molecule has 0 radical (unpaired) electrons. The Labute approximate surface area is 148 Å². The molecular weight excluding hydrogens is 317 g/mol. The Balaban J connectivity index is 1.45. The SMILES string of the molecule is Fc1ccc(CN2CCOCC3(CCN(c4ccccn4)C3)C2)cc1. The van der Waals surface area contributed by atoms with Gasteiger partial charge in [0.15, 0.2) is 0 Å². The van der Waals surface area contributed by atoms with Crippen molar-refractivity contribution in [1.29, 1.82) is 0 Å². The normalized spacial score (nSPS) is 24.6. The number of benzene rings is 1. The van der Waals surface area contributed by atoms with Crippen LogP contribution in [0.4, 0.5) is 10.2 Å². The number of halogens is 1. The summed E-state index contributed by atoms with van der Waals surface area (Å²) in [5.41, 5.74) is 1.30. The van der Waals surface area contributed by atoms with Crippen molar-refractivity contribution in [2.75, 3.05) is 44.3 Å². The molecule has 4 rings (SSSR count). The van der Waals surface area contributed by atoms with Gasteiger partial charge in [-0.05, 0) is 36.2 Å². The average molecular weight is 341 g/mol. The van der Waals surface area contributed by atoms with Crippen molar-refractivity contribution in [2.24, 2.45) is 5.41 Å². The minimum Gasteiger partial charge on any atom is -0.379 e. The second kappa shape index (κ2) is 7.10. The summed E-state index contributed by atoms with van der Waals surface area (Å²) in [7, 11) is 0. The number of hydrogen-bond donors (Lipinski definition) is 0. The molecule has 25 heavy (non-hydrogen) atoms. The zero-order valence-electron chi connectivity index (χ0n) is 14.4. The van der Waals surface area contributed by atoms with Crippen molar-refractivity contribution in [1.82, 2.24) is 9.88 Å². The fourth-order valence-corrected chi connectivity index (χ4v) is 3.98. The first-order valence-corrected chi connectivity index (χ1v) is 8.93. The van der Waals surface area contributed by atoms with Gasteiger partial charge in [0.2, 0.25) is 0 Å². The number of aromatic nitrogens is 1. The van der Waals surface area contributed by atoms with E-state index < -0.39 is 0 Å². The highest BCUT2D eigenvalue weighted by Crippen LogP contribution is 2.35. The predicted molar refractivity (Wildman–Crippen MR) is 96.0 cm³/mol. The third kappa shape index (κ3) is 3.83. The van der Waals surface area contributed by atoms with Crippen LogP contribution in [0.1, 0.15) is 12.0 Å². The van der Waals surface area contributed by atoms with Crippen LogP contribution in [-0.2, 0) is 11.3 Å². The summed E-state index contributed by atoms with van der Waals surface area (Å²) in [5.74, 6) is 0.870. The highest BCUT2D eigenvalue weighted by Gasteiger charge is 2.41. The van der Waals surface area contributed by atoms with Gasteiger partial charge in [0.05, 0.1) is 13.2 Å². The van der Waals surface area contributed by atoms with Crippen LogP contribution < -0.4 is 4.90 Å². The summed E-state index contributed by atoms with van der Waals surface area (Å²) in [5, 5.41) is 0. The molecule has 5 heteroatoms. The maximum atomic E-state index is 13.1. The maximum absolute atomic E-state index is 13.1. The van der Waals surface area contributed by atoms with Crippen molar-refractivity contribution >= 4 is 5.82 Å². The van der Waals surface area contributed by atoms with E-state index in [9.17, 15) is 4.39 Å². The van der Waals surface area contributed by atoms with Gasteiger partial charge >= 0.3 is 0 Å². The van der Waals surface area contributed by atoms with E-state index in [4.69, 9.17) is 4.74 Å². The summed E-state index contributed by atoms with van der Waals surface area (Å²) < 4.78 is 19.1. The smallest absolute Gasteiger partial charge is 0.128 e. The zero-order valence-corrected chi connectivity index (χ0v) is 14.4. The third-order valence-corrected chi connectivity index (χ3v) is 5.25. The summed E-state index contributed by atoms with van der Waals surface area (Å²) >= 11 is 0. The van der Waals surface area contributed by atoms with E-state index >= 15 is 0 Å². The molecule has 2 saturated heterocycles. The monoisotopic (exact) mass is 341 g/mol. The van der Waals surface area contributed by atoms with Gasteiger partial charge in [-0.15, -0.1) is 0 Å². The number of ether oxygens (including phenoxy) is 1. The van der Waals surface area contributed by atoms with Crippen molar-refractivity contribution in [3.8, 4) is 0 Å². The summed E-state index contributed by atoms with van der Waals surface area (Å²) in [6.45, 7) is 6.32. The lowest BCUT2D eigenvalue weighted by molar-refractivity contribution is 0.0798. The fraction of sp³-hybridized carbons (Fsp3) is 0.450. The summed E-state index contributed by atoms with van der Waals surface area (Å²) in [4.78, 5) is 9.31. The number of rotatable bonds is 3. The Morgan fingerprint density at radius 1 is 1.08 bits per heavy atom. The number of nitrogens with zero attached hydrogens (tertiary/aromatic N) is 3. The molecule has 1 aromatic carbocycles. The predicted octanol–water partition coefficient (Wildman–Crippen LogP) is 2.95. The molecule has 4 nitrogen and oxygen atoms in total. The van der Waals surface area contributed by atoms with E-state index in [2.05, 4.69) is 20.9 Å². The van der Waals surface area contributed by atoms with E-state index in [-0.39, 0.29) is 11.2 Å². The second-order valence-electron chi connectivity index (χ2n) is 7.25. The average Bonchev–Trinajstić information content (AvgIpc) is 2.94. The second-order valence-corrected chi connectivity index (χ2v) is 7.25. The number of pyridine rings is 1. The maximum Gasteiger partial charge on any atom is 0.128 e. The van der Waals surface area contributed by atoms with Gasteiger partial charge < -0.3 is 9.64 Å². The van der Waals surface area contributed by atoms with E-state index in [1.165, 1.54) is 12.1 Å². The van der Waals surface area contributed by atoms with Gasteiger partial charge in [-0.1, -0.05) is 18.2 Å². The zero-order chi connectivity index (χ0) is 17.1. The number of hydrogen-bond acceptors (Lipinski definition) is 4. The molecule has 1 unspecified atom stereocenters. The molecule has 0 bridgehead atoms. The Morgan fingerprint density at radius 3 is 2.76 bits per heavy atom. The minimum atomic E-state index is -0.179. The molecule has 0 N–H and O–H groups in total. The van der Waals surface area contributed by atoms with Gasteiger partial charge in [0, 0.05) is 44.3 Å². The van der Waals surface area contributed by atoms with Gasteiger partial charge in [-0.25, -0.2) is 9.37 Å². The van der Waals surface area contributed by atoms with Crippen LogP contribution >= 0.6 is 0 Å². The Kier molecular flexibility index (Phi) is 4.68. The quantitative estimate of drug-likeness (QED) is 0.858. The first-order chi connectivity index (χ1) is 12.2. The minimum absolute atomic E-state index is 0.147. The molecule has 2 aliphatic rings. The summed E-state index contributed by atoms with van der Waals surface area (Å²) in [6.07, 6.45) is 2.97. The standard InChI is InChI=1S/C20H24FN3O/c21-18-6-4-17(5-7-18)13-23-11-12-25-16-20(14-23)8-10-24(15-20)19-3-1-2-9-22-19/h1-7,9H,8,10-16H2. The largest absolute Gasteiger partial charge is 0.379 e. The molecule has 0 amide bonds. The van der Waals surface area contributed by atoms with E-state index in [1.807, 2.05) is 30.5 Å². The van der Waals surface area contributed by atoms with Gasteiger partial charge in [0.1, 0.15) is 11.6 Å². The van der Waals surface area contributed by atoms with Crippen LogP contribution in [0, 0.1) is 11.2 Å². The van der Waals surface area contributed by atoms with Crippen molar-refractivity contribution < 1.29 is 9.13 Å². The lowest BCUT2D eigenvalue weighted by Gasteiger charge is -2.32. The van der Waals surface area contributed by atoms with Crippen LogP contribution in [-0.4, -0.2) is 49.3 Å². The van der Waals surface area contributed by atoms with Crippen LogP contribution in [0.5, 0.6) is 0 Å². The summed E-state index contributed by atoms with van der Waals surface area (Å²) in [6, 6.07) is 12.9. The van der Waals surface area contributed by atoms with Crippen molar-refractivity contribution in [2.45, 2.75) is 13.0 Å². The van der Waals surface area contributed by atoms with E-state index in [1.54, 1.807) is 0 Å². The molecule has 132 valence electrons. The molecule has 1 spiro atoms. The van der Waals surface area contributed by atoms with E-state index in [0.29, 0.717) is 0 Å². The van der Waals surface area contributed by atoms with Crippen molar-refractivity contribution in [3.63, 3.8) is 0 Å². The molecule has 1 atom stereocenters. The van der Waals surface area contributed by atoms with Crippen LogP contribution in [0.25, 0.3) is 0 Å². The topological polar surface area (TPSA) is 28.6 Å². The molecular formula is C20H24FN3O. The van der Waals surface area contributed by atoms with Gasteiger partial charge in [-0.2, -0.15) is 0 Å². The lowest BCUT2D eigenvalue weighted by Crippen LogP contribution is -2.40. The molecule has 2 aliphatic heterocycles. The van der Waals surface area contributed by atoms with Crippen LogP contribution in [0.15, 0.2) is 48.7 Å². The third-order valence-electron chi connectivity index (χ3n) is 5.25. The van der Waals surface area contributed by atoms with Crippen LogP contribution in [0.3, 0.4) is 0 Å². The molecule has 2 aromatic rings. The van der Waals surface area contributed by atoms with Crippen LogP contribution in [0.2, 0.25) is 0 Å². The molecule has 0 aliphatic carbocycles. The van der Waals surface area contributed by atoms with Gasteiger partial charge in [-0.3, -0.25) is 4.90 Å². The Hall–Kier alpha value is -1.98. The van der Waals surface area contributed by atoms with Gasteiger partial charge in [0.25, 0.3) is 0 Å².